The van der Waals surface area contributed by atoms with Gasteiger partial charge in [0, 0.05) is 18.4 Å². The van der Waals surface area contributed by atoms with Crippen LogP contribution in [-0.4, -0.2) is 34.3 Å². The van der Waals surface area contributed by atoms with Crippen molar-refractivity contribution in [2.45, 2.75) is 32.2 Å². The van der Waals surface area contributed by atoms with Gasteiger partial charge in [0.25, 0.3) is 5.56 Å². The van der Waals surface area contributed by atoms with E-state index in [0.29, 0.717) is 18.4 Å². The van der Waals surface area contributed by atoms with E-state index in [1.54, 1.807) is 16.8 Å². The number of nitrogens with zero attached hydrogens (tertiary/aromatic N) is 3. The molecule has 1 aliphatic rings. The highest BCUT2D eigenvalue weighted by atomic mass is 19.1. The Morgan fingerprint density at radius 2 is 1.59 bits per heavy atom. The Labute approximate surface area is 158 Å². The normalized spacial score (nSPS) is 15.3. The molecule has 0 bridgehead atoms. The van der Waals surface area contributed by atoms with Gasteiger partial charge < -0.3 is 4.90 Å². The minimum atomic E-state index is -0.247. The number of fused-ring (bicyclic) bond motifs is 1. The Balaban J connectivity index is 1.65. The van der Waals surface area contributed by atoms with Crippen LogP contribution in [0, 0.1) is 5.82 Å². The summed E-state index contributed by atoms with van der Waals surface area (Å²) >= 11 is 0. The van der Waals surface area contributed by atoms with Gasteiger partial charge in [-0.1, -0.05) is 36.8 Å². The maximum Gasteiger partial charge on any atom is 0.274 e. The van der Waals surface area contributed by atoms with Gasteiger partial charge in [0.2, 0.25) is 0 Å². The highest BCUT2D eigenvalue weighted by Crippen LogP contribution is 2.17. The number of hydrogen-bond acceptors (Lipinski definition) is 3. The molecule has 4 rings (SSSR count). The van der Waals surface area contributed by atoms with E-state index in [-0.39, 0.29) is 11.4 Å². The lowest BCUT2D eigenvalue weighted by Crippen LogP contribution is -2.35. The molecule has 1 aromatic heterocycles. The predicted molar refractivity (Wildman–Crippen MR) is 106 cm³/mol. The van der Waals surface area contributed by atoms with Crippen LogP contribution in [0.1, 0.15) is 30.5 Å². The average molecular weight is 365 g/mol. The van der Waals surface area contributed by atoms with Crippen molar-refractivity contribution in [3.8, 4) is 0 Å². The summed E-state index contributed by atoms with van der Waals surface area (Å²) in [6, 6.07) is 14.1. The SMILES string of the molecule is O=c1c2ccccc2c(Cc2ccc(F)cc2)nn1CCN1CCCCC1. The van der Waals surface area contributed by atoms with Crippen molar-refractivity contribution >= 4 is 10.8 Å². The third kappa shape index (κ3) is 4.08. The molecule has 0 radical (unpaired) electrons. The van der Waals surface area contributed by atoms with Crippen LogP contribution in [0.3, 0.4) is 0 Å². The molecule has 5 heteroatoms. The van der Waals surface area contributed by atoms with Crippen LogP contribution >= 0.6 is 0 Å². The zero-order valence-corrected chi connectivity index (χ0v) is 15.4. The van der Waals surface area contributed by atoms with E-state index in [2.05, 4.69) is 10.00 Å². The first-order chi connectivity index (χ1) is 13.2. The fourth-order valence-corrected chi connectivity index (χ4v) is 3.80. The summed E-state index contributed by atoms with van der Waals surface area (Å²) in [5, 5.41) is 6.26. The van der Waals surface area contributed by atoms with Crippen LogP contribution in [0.15, 0.2) is 53.3 Å². The molecule has 0 N–H and O–H groups in total. The first kappa shape index (κ1) is 17.9. The number of aromatic nitrogens is 2. The van der Waals surface area contributed by atoms with Gasteiger partial charge in [-0.25, -0.2) is 9.07 Å². The van der Waals surface area contributed by atoms with E-state index in [0.717, 1.165) is 36.3 Å². The maximum atomic E-state index is 13.2. The smallest absolute Gasteiger partial charge is 0.274 e. The summed E-state index contributed by atoms with van der Waals surface area (Å²) in [5.74, 6) is -0.247. The predicted octanol–water partition coefficient (Wildman–Crippen LogP) is 3.61. The van der Waals surface area contributed by atoms with E-state index in [1.807, 2.05) is 24.3 Å². The summed E-state index contributed by atoms with van der Waals surface area (Å²) in [6.45, 7) is 3.65. The molecule has 3 aromatic rings. The molecule has 27 heavy (non-hydrogen) atoms. The van der Waals surface area contributed by atoms with Gasteiger partial charge in [-0.2, -0.15) is 5.10 Å². The first-order valence-corrected chi connectivity index (χ1v) is 9.66. The molecule has 2 heterocycles. The Morgan fingerprint density at radius 1 is 0.889 bits per heavy atom. The van der Waals surface area contributed by atoms with Crippen LogP contribution in [0.2, 0.25) is 0 Å². The van der Waals surface area contributed by atoms with Crippen molar-refractivity contribution in [3.63, 3.8) is 0 Å². The zero-order chi connectivity index (χ0) is 18.6. The largest absolute Gasteiger partial charge is 0.301 e. The molecular weight excluding hydrogens is 341 g/mol. The standard InChI is InChI=1S/C22H24FN3O/c23-18-10-8-17(9-11-18)16-21-19-6-2-3-7-20(19)22(27)26(24-21)15-14-25-12-4-1-5-13-25/h2-3,6-11H,1,4-5,12-16H2. The molecule has 4 nitrogen and oxygen atoms in total. The minimum absolute atomic E-state index is 0.0366. The summed E-state index contributed by atoms with van der Waals surface area (Å²) in [5.41, 5.74) is 1.80. The van der Waals surface area contributed by atoms with Crippen molar-refractivity contribution in [2.24, 2.45) is 0 Å². The number of rotatable bonds is 5. The second-order valence-electron chi connectivity index (χ2n) is 7.23. The lowest BCUT2D eigenvalue weighted by molar-refractivity contribution is 0.216. The Kier molecular flexibility index (Phi) is 5.30. The first-order valence-electron chi connectivity index (χ1n) is 9.66. The second-order valence-corrected chi connectivity index (χ2v) is 7.23. The summed E-state index contributed by atoms with van der Waals surface area (Å²) in [6.07, 6.45) is 4.34. The average Bonchev–Trinajstić information content (AvgIpc) is 2.71. The lowest BCUT2D eigenvalue weighted by Gasteiger charge is -2.26. The number of likely N-dealkylation sites (tertiary alicyclic amines) is 1. The number of hydrogen-bond donors (Lipinski definition) is 0. The van der Waals surface area contributed by atoms with Crippen molar-refractivity contribution in [1.29, 1.82) is 0 Å². The molecule has 2 aromatic carbocycles. The maximum absolute atomic E-state index is 13.2. The van der Waals surface area contributed by atoms with Crippen LogP contribution in [0.5, 0.6) is 0 Å². The molecule has 1 fully saturated rings. The third-order valence-corrected chi connectivity index (χ3v) is 5.31. The second kappa shape index (κ2) is 8.01. The van der Waals surface area contributed by atoms with Crippen molar-refractivity contribution in [2.75, 3.05) is 19.6 Å². The molecule has 0 amide bonds. The summed E-state index contributed by atoms with van der Waals surface area (Å²) in [7, 11) is 0. The molecule has 1 aliphatic heterocycles. The fourth-order valence-electron chi connectivity index (χ4n) is 3.80. The van der Waals surface area contributed by atoms with E-state index in [4.69, 9.17) is 0 Å². The highest BCUT2D eigenvalue weighted by Gasteiger charge is 2.14. The van der Waals surface area contributed by atoms with Crippen LogP contribution < -0.4 is 5.56 Å². The highest BCUT2D eigenvalue weighted by molar-refractivity contribution is 5.83. The molecule has 0 unspecified atom stereocenters. The zero-order valence-electron chi connectivity index (χ0n) is 15.4. The topological polar surface area (TPSA) is 38.1 Å². The van der Waals surface area contributed by atoms with Gasteiger partial charge in [0.05, 0.1) is 17.6 Å². The van der Waals surface area contributed by atoms with Gasteiger partial charge in [-0.3, -0.25) is 4.79 Å². The fraction of sp³-hybridized carbons (Fsp3) is 0.364. The van der Waals surface area contributed by atoms with Crippen LogP contribution in [-0.2, 0) is 13.0 Å². The molecule has 0 atom stereocenters. The monoisotopic (exact) mass is 365 g/mol. The van der Waals surface area contributed by atoms with E-state index >= 15 is 0 Å². The van der Waals surface area contributed by atoms with Crippen molar-refractivity contribution < 1.29 is 4.39 Å². The van der Waals surface area contributed by atoms with Crippen LogP contribution in [0.4, 0.5) is 4.39 Å². The van der Waals surface area contributed by atoms with Crippen LogP contribution in [0.25, 0.3) is 10.8 Å². The number of benzene rings is 2. The summed E-state index contributed by atoms with van der Waals surface area (Å²) in [4.78, 5) is 15.3. The lowest BCUT2D eigenvalue weighted by atomic mass is 10.0. The van der Waals surface area contributed by atoms with E-state index in [9.17, 15) is 9.18 Å². The van der Waals surface area contributed by atoms with E-state index in [1.165, 1.54) is 31.4 Å². The Hall–Kier alpha value is -2.53. The van der Waals surface area contributed by atoms with Gasteiger partial charge in [-0.05, 0) is 49.7 Å². The molecule has 0 saturated carbocycles. The number of piperidine rings is 1. The minimum Gasteiger partial charge on any atom is -0.301 e. The molecule has 0 aliphatic carbocycles. The van der Waals surface area contributed by atoms with Gasteiger partial charge in [-0.15, -0.1) is 0 Å². The summed E-state index contributed by atoms with van der Waals surface area (Å²) < 4.78 is 14.8. The molecule has 140 valence electrons. The number of halogens is 1. The third-order valence-electron chi connectivity index (χ3n) is 5.31. The van der Waals surface area contributed by atoms with Gasteiger partial charge in [0.15, 0.2) is 0 Å². The quantitative estimate of drug-likeness (QED) is 0.693. The van der Waals surface area contributed by atoms with Gasteiger partial charge >= 0.3 is 0 Å². The Bertz CT molecular complexity index is 975. The Morgan fingerprint density at radius 3 is 2.33 bits per heavy atom. The van der Waals surface area contributed by atoms with Crippen molar-refractivity contribution in [1.82, 2.24) is 14.7 Å². The molecular formula is C22H24FN3O. The molecule has 1 saturated heterocycles. The molecule has 0 spiro atoms. The van der Waals surface area contributed by atoms with E-state index < -0.39 is 0 Å². The van der Waals surface area contributed by atoms with Crippen molar-refractivity contribution in [3.05, 3.63) is 76.0 Å². The van der Waals surface area contributed by atoms with Gasteiger partial charge in [0.1, 0.15) is 5.82 Å².